The lowest BCUT2D eigenvalue weighted by molar-refractivity contribution is -0.117. The molecule has 0 saturated carbocycles. The highest BCUT2D eigenvalue weighted by Gasteiger charge is 2.14. The van der Waals surface area contributed by atoms with Gasteiger partial charge in [0.15, 0.2) is 0 Å². The van der Waals surface area contributed by atoms with Crippen molar-refractivity contribution in [1.29, 1.82) is 0 Å². The maximum atomic E-state index is 12.2. The molecule has 118 valence electrons. The first kappa shape index (κ1) is 16.2. The SMILES string of the molecule is Cc1cccc(C)c1NC(=O)CN(C)Cc1c(C)noc1C. The Hall–Kier alpha value is -2.14. The number of nitrogens with zero attached hydrogens (tertiary/aromatic N) is 2. The highest BCUT2D eigenvalue weighted by atomic mass is 16.5. The third-order valence-electron chi connectivity index (χ3n) is 3.77. The molecule has 1 heterocycles. The first-order chi connectivity index (χ1) is 10.4. The van der Waals surface area contributed by atoms with Gasteiger partial charge in [0.05, 0.1) is 12.2 Å². The summed E-state index contributed by atoms with van der Waals surface area (Å²) in [5.41, 5.74) is 4.96. The van der Waals surface area contributed by atoms with Gasteiger partial charge in [-0.1, -0.05) is 23.4 Å². The van der Waals surface area contributed by atoms with Gasteiger partial charge in [-0.05, 0) is 45.9 Å². The van der Waals surface area contributed by atoms with Gasteiger partial charge in [0.25, 0.3) is 0 Å². The van der Waals surface area contributed by atoms with Crippen LogP contribution in [0.15, 0.2) is 22.7 Å². The summed E-state index contributed by atoms with van der Waals surface area (Å²) in [7, 11) is 1.91. The zero-order chi connectivity index (χ0) is 16.3. The van der Waals surface area contributed by atoms with Crippen molar-refractivity contribution in [1.82, 2.24) is 10.1 Å². The number of likely N-dealkylation sites (N-methyl/N-ethyl adjacent to an activating group) is 1. The van der Waals surface area contributed by atoms with Gasteiger partial charge in [0.2, 0.25) is 5.91 Å². The first-order valence-corrected chi connectivity index (χ1v) is 7.35. The molecule has 0 saturated heterocycles. The number of anilines is 1. The number of benzene rings is 1. The summed E-state index contributed by atoms with van der Waals surface area (Å²) in [4.78, 5) is 14.2. The summed E-state index contributed by atoms with van der Waals surface area (Å²) in [5.74, 6) is 0.783. The molecular formula is C17H23N3O2. The van der Waals surface area contributed by atoms with Crippen molar-refractivity contribution in [2.45, 2.75) is 34.2 Å². The van der Waals surface area contributed by atoms with E-state index in [0.29, 0.717) is 13.1 Å². The third kappa shape index (κ3) is 3.74. The molecule has 1 aromatic heterocycles. The topological polar surface area (TPSA) is 58.4 Å². The number of para-hydroxylation sites is 1. The van der Waals surface area contributed by atoms with Gasteiger partial charge in [-0.2, -0.15) is 0 Å². The van der Waals surface area contributed by atoms with Gasteiger partial charge in [-0.25, -0.2) is 0 Å². The number of aryl methyl sites for hydroxylation is 4. The van der Waals surface area contributed by atoms with Gasteiger partial charge in [-0.15, -0.1) is 0 Å². The zero-order valence-corrected chi connectivity index (χ0v) is 13.9. The molecule has 2 rings (SSSR count). The highest BCUT2D eigenvalue weighted by molar-refractivity contribution is 5.93. The standard InChI is InChI=1S/C17H23N3O2/c1-11-7-6-8-12(2)17(11)18-16(21)10-20(5)9-15-13(3)19-22-14(15)4/h6-8H,9-10H2,1-5H3,(H,18,21). The highest BCUT2D eigenvalue weighted by Crippen LogP contribution is 2.19. The van der Waals surface area contributed by atoms with Crippen LogP contribution in [0.5, 0.6) is 0 Å². The number of carbonyl (C=O) groups is 1. The van der Waals surface area contributed by atoms with Crippen LogP contribution in [0.4, 0.5) is 5.69 Å². The van der Waals surface area contributed by atoms with Gasteiger partial charge in [0, 0.05) is 17.8 Å². The minimum absolute atomic E-state index is 0.0216. The molecule has 0 atom stereocenters. The Bertz CT molecular complexity index is 637. The second kappa shape index (κ2) is 6.75. The Morgan fingerprint density at radius 3 is 2.41 bits per heavy atom. The van der Waals surface area contributed by atoms with E-state index in [9.17, 15) is 4.79 Å². The number of hydrogen-bond donors (Lipinski definition) is 1. The minimum Gasteiger partial charge on any atom is -0.361 e. The quantitative estimate of drug-likeness (QED) is 0.922. The van der Waals surface area contributed by atoms with Crippen LogP contribution >= 0.6 is 0 Å². The molecule has 1 amide bonds. The molecule has 1 N–H and O–H groups in total. The van der Waals surface area contributed by atoms with Crippen LogP contribution in [0.3, 0.4) is 0 Å². The van der Waals surface area contributed by atoms with Crippen molar-refractivity contribution in [3.63, 3.8) is 0 Å². The summed E-state index contributed by atoms with van der Waals surface area (Å²) >= 11 is 0. The van der Waals surface area contributed by atoms with Crippen LogP contribution in [0.2, 0.25) is 0 Å². The molecule has 0 aliphatic carbocycles. The minimum atomic E-state index is -0.0216. The van der Waals surface area contributed by atoms with Crippen molar-refractivity contribution < 1.29 is 9.32 Å². The fraction of sp³-hybridized carbons (Fsp3) is 0.412. The van der Waals surface area contributed by atoms with E-state index in [1.807, 2.05) is 57.8 Å². The summed E-state index contributed by atoms with van der Waals surface area (Å²) in [5, 5.41) is 6.94. The van der Waals surface area contributed by atoms with E-state index in [2.05, 4.69) is 10.5 Å². The van der Waals surface area contributed by atoms with Crippen LogP contribution in [0.1, 0.15) is 28.1 Å². The van der Waals surface area contributed by atoms with Crippen molar-refractivity contribution in [2.24, 2.45) is 0 Å². The van der Waals surface area contributed by atoms with E-state index in [-0.39, 0.29) is 5.91 Å². The van der Waals surface area contributed by atoms with Crippen LogP contribution in [-0.2, 0) is 11.3 Å². The summed E-state index contributed by atoms with van der Waals surface area (Å²) < 4.78 is 5.15. The molecular weight excluding hydrogens is 278 g/mol. The summed E-state index contributed by atoms with van der Waals surface area (Å²) in [6.45, 7) is 8.75. The number of hydrogen-bond acceptors (Lipinski definition) is 4. The monoisotopic (exact) mass is 301 g/mol. The van der Waals surface area contributed by atoms with Crippen LogP contribution in [0.25, 0.3) is 0 Å². The van der Waals surface area contributed by atoms with Gasteiger partial charge in [0.1, 0.15) is 5.76 Å². The second-order valence-electron chi connectivity index (χ2n) is 5.79. The van der Waals surface area contributed by atoms with Crippen LogP contribution < -0.4 is 5.32 Å². The molecule has 0 unspecified atom stereocenters. The lowest BCUT2D eigenvalue weighted by Gasteiger charge is -2.17. The second-order valence-corrected chi connectivity index (χ2v) is 5.79. The van der Waals surface area contributed by atoms with Crippen molar-refractivity contribution in [3.05, 3.63) is 46.3 Å². The third-order valence-corrected chi connectivity index (χ3v) is 3.77. The van der Waals surface area contributed by atoms with Crippen molar-refractivity contribution in [2.75, 3.05) is 18.9 Å². The predicted octanol–water partition coefficient (Wildman–Crippen LogP) is 2.98. The lowest BCUT2D eigenvalue weighted by Crippen LogP contribution is -2.30. The molecule has 5 heteroatoms. The van der Waals surface area contributed by atoms with Crippen molar-refractivity contribution in [3.8, 4) is 0 Å². The average molecular weight is 301 g/mol. The van der Waals surface area contributed by atoms with E-state index >= 15 is 0 Å². The van der Waals surface area contributed by atoms with E-state index in [1.165, 1.54) is 0 Å². The average Bonchev–Trinajstić information content (AvgIpc) is 2.75. The Labute approximate surface area is 131 Å². The molecule has 5 nitrogen and oxygen atoms in total. The van der Waals surface area contributed by atoms with Crippen LogP contribution in [-0.4, -0.2) is 29.6 Å². The van der Waals surface area contributed by atoms with E-state index in [0.717, 1.165) is 33.8 Å². The summed E-state index contributed by atoms with van der Waals surface area (Å²) in [6.07, 6.45) is 0. The number of aromatic nitrogens is 1. The molecule has 0 spiro atoms. The Morgan fingerprint density at radius 1 is 1.23 bits per heavy atom. The molecule has 2 aromatic rings. The van der Waals surface area contributed by atoms with Gasteiger partial charge >= 0.3 is 0 Å². The Balaban J connectivity index is 1.97. The summed E-state index contributed by atoms with van der Waals surface area (Å²) in [6, 6.07) is 5.98. The smallest absolute Gasteiger partial charge is 0.238 e. The molecule has 0 radical (unpaired) electrons. The molecule has 0 fully saturated rings. The maximum Gasteiger partial charge on any atom is 0.238 e. The number of carbonyl (C=O) groups excluding carboxylic acids is 1. The maximum absolute atomic E-state index is 12.2. The van der Waals surface area contributed by atoms with Gasteiger partial charge in [-0.3, -0.25) is 9.69 Å². The Morgan fingerprint density at radius 2 is 1.86 bits per heavy atom. The Kier molecular flexibility index (Phi) is 4.98. The zero-order valence-electron chi connectivity index (χ0n) is 13.9. The number of amides is 1. The first-order valence-electron chi connectivity index (χ1n) is 7.35. The van der Waals surface area contributed by atoms with Crippen LogP contribution in [0, 0.1) is 27.7 Å². The fourth-order valence-electron chi connectivity index (χ4n) is 2.49. The van der Waals surface area contributed by atoms with E-state index in [4.69, 9.17) is 4.52 Å². The fourth-order valence-corrected chi connectivity index (χ4v) is 2.49. The molecule has 0 aliphatic rings. The van der Waals surface area contributed by atoms with E-state index in [1.54, 1.807) is 0 Å². The number of rotatable bonds is 5. The van der Waals surface area contributed by atoms with E-state index < -0.39 is 0 Å². The van der Waals surface area contributed by atoms with Gasteiger partial charge < -0.3 is 9.84 Å². The number of nitrogens with one attached hydrogen (secondary N) is 1. The molecule has 22 heavy (non-hydrogen) atoms. The largest absolute Gasteiger partial charge is 0.361 e. The van der Waals surface area contributed by atoms with Crippen molar-refractivity contribution >= 4 is 11.6 Å². The molecule has 1 aromatic carbocycles. The predicted molar refractivity (Wildman–Crippen MR) is 86.9 cm³/mol. The molecule has 0 aliphatic heterocycles. The normalized spacial score (nSPS) is 11.0. The lowest BCUT2D eigenvalue weighted by atomic mass is 10.1. The molecule has 0 bridgehead atoms.